The normalized spacial score (nSPS) is 22.0. The molecule has 2 fully saturated rings. The number of nitrogens with one attached hydrogen (secondary N) is 2. The maximum Gasteiger partial charge on any atom is 0.408 e. The van der Waals surface area contributed by atoms with E-state index in [2.05, 4.69) is 5.32 Å². The molecule has 4 amide bonds. The van der Waals surface area contributed by atoms with E-state index in [1.165, 1.54) is 6.07 Å². The number of imide groups is 1. The molecule has 2 atom stereocenters. The molecule has 1 aromatic carbocycles. The molecule has 7 nitrogen and oxygen atoms in total. The molecule has 0 spiro atoms. The standard InChI is InChI=1S/C22H23F4N3O4/c23-18-13(19(31)27-16(22(24,25)26)8-4-11-2-1-3-11)6-5-12-14(18)10-29(21(12)33)15-7-9-17(30)28-20(15)32/h5-6,11,15-16H,1-4,7-10H2,(H,27,31)(H,28,30,32). The number of hydrogen-bond donors (Lipinski definition) is 2. The number of carbonyl (C=O) groups is 4. The number of rotatable bonds is 6. The van der Waals surface area contributed by atoms with Gasteiger partial charge in [0.1, 0.15) is 17.9 Å². The third-order valence-electron chi connectivity index (χ3n) is 6.68. The van der Waals surface area contributed by atoms with Crippen LogP contribution in [0.1, 0.15) is 71.2 Å². The summed E-state index contributed by atoms with van der Waals surface area (Å²) in [6.07, 6.45) is -1.81. The van der Waals surface area contributed by atoms with Crippen molar-refractivity contribution >= 4 is 23.6 Å². The molecule has 1 aliphatic carbocycles. The van der Waals surface area contributed by atoms with Crippen LogP contribution in [0.5, 0.6) is 0 Å². The fourth-order valence-corrected chi connectivity index (χ4v) is 4.52. The summed E-state index contributed by atoms with van der Waals surface area (Å²) in [5, 5.41) is 4.03. The van der Waals surface area contributed by atoms with E-state index in [4.69, 9.17) is 0 Å². The molecule has 178 valence electrons. The highest BCUT2D eigenvalue weighted by Crippen LogP contribution is 2.34. The van der Waals surface area contributed by atoms with Gasteiger partial charge in [-0.2, -0.15) is 13.2 Å². The van der Waals surface area contributed by atoms with Gasteiger partial charge in [0.15, 0.2) is 0 Å². The van der Waals surface area contributed by atoms with Crippen LogP contribution in [0.2, 0.25) is 0 Å². The molecule has 0 aromatic heterocycles. The average molecular weight is 469 g/mol. The first-order chi connectivity index (χ1) is 15.6. The lowest BCUT2D eigenvalue weighted by molar-refractivity contribution is -0.155. The van der Waals surface area contributed by atoms with E-state index in [1.54, 1.807) is 0 Å². The van der Waals surface area contributed by atoms with Gasteiger partial charge in [0.25, 0.3) is 11.8 Å². The summed E-state index contributed by atoms with van der Waals surface area (Å²) in [4.78, 5) is 49.8. The second-order valence-electron chi connectivity index (χ2n) is 8.80. The Labute approximate surface area is 186 Å². The molecule has 1 saturated heterocycles. The molecule has 0 radical (unpaired) electrons. The zero-order chi connectivity index (χ0) is 23.9. The smallest absolute Gasteiger partial charge is 0.340 e. The van der Waals surface area contributed by atoms with Crippen LogP contribution in [-0.4, -0.2) is 46.8 Å². The molecule has 11 heteroatoms. The monoisotopic (exact) mass is 469 g/mol. The van der Waals surface area contributed by atoms with E-state index in [-0.39, 0.29) is 42.9 Å². The van der Waals surface area contributed by atoms with Crippen molar-refractivity contribution in [3.8, 4) is 0 Å². The minimum atomic E-state index is -4.68. The highest BCUT2D eigenvalue weighted by molar-refractivity contribution is 6.06. The van der Waals surface area contributed by atoms with Crippen LogP contribution in [0.3, 0.4) is 0 Å². The Kier molecular flexibility index (Phi) is 6.15. The van der Waals surface area contributed by atoms with Crippen molar-refractivity contribution in [1.82, 2.24) is 15.5 Å². The van der Waals surface area contributed by atoms with Crippen LogP contribution in [-0.2, 0) is 16.1 Å². The molecule has 1 saturated carbocycles. The molecular weight excluding hydrogens is 446 g/mol. The molecule has 4 rings (SSSR count). The van der Waals surface area contributed by atoms with Crippen molar-refractivity contribution in [2.45, 2.75) is 69.8 Å². The van der Waals surface area contributed by atoms with E-state index < -0.39 is 53.3 Å². The minimum Gasteiger partial charge on any atom is -0.340 e. The molecule has 0 bridgehead atoms. The first-order valence-electron chi connectivity index (χ1n) is 10.9. The second kappa shape index (κ2) is 8.75. The molecule has 2 heterocycles. The Bertz CT molecular complexity index is 1010. The summed E-state index contributed by atoms with van der Waals surface area (Å²) < 4.78 is 55.5. The van der Waals surface area contributed by atoms with Gasteiger partial charge in [0, 0.05) is 17.5 Å². The highest BCUT2D eigenvalue weighted by Gasteiger charge is 2.43. The molecule has 3 aliphatic rings. The summed E-state index contributed by atoms with van der Waals surface area (Å²) in [5.41, 5.74) is -0.814. The first kappa shape index (κ1) is 23.2. The van der Waals surface area contributed by atoms with Crippen molar-refractivity contribution < 1.29 is 36.7 Å². The summed E-state index contributed by atoms with van der Waals surface area (Å²) >= 11 is 0. The Hall–Kier alpha value is -2.98. The Morgan fingerprint density at radius 2 is 1.91 bits per heavy atom. The summed E-state index contributed by atoms with van der Waals surface area (Å²) in [6, 6.07) is -0.909. The van der Waals surface area contributed by atoms with Crippen molar-refractivity contribution in [1.29, 1.82) is 0 Å². The van der Waals surface area contributed by atoms with Gasteiger partial charge in [-0.3, -0.25) is 24.5 Å². The average Bonchev–Trinajstić information content (AvgIpc) is 3.03. The topological polar surface area (TPSA) is 95.6 Å². The number of alkyl halides is 3. The maximum atomic E-state index is 15.1. The van der Waals surface area contributed by atoms with E-state index in [0.29, 0.717) is 6.42 Å². The largest absolute Gasteiger partial charge is 0.408 e. The molecule has 1 aromatic rings. The quantitative estimate of drug-likeness (QED) is 0.495. The maximum absolute atomic E-state index is 15.1. The van der Waals surface area contributed by atoms with Crippen molar-refractivity contribution in [3.63, 3.8) is 0 Å². The van der Waals surface area contributed by atoms with Gasteiger partial charge in [-0.25, -0.2) is 4.39 Å². The summed E-state index contributed by atoms with van der Waals surface area (Å²) in [7, 11) is 0. The molecule has 2 N–H and O–H groups in total. The van der Waals surface area contributed by atoms with Gasteiger partial charge in [0.2, 0.25) is 11.8 Å². The second-order valence-corrected chi connectivity index (χ2v) is 8.80. The van der Waals surface area contributed by atoms with Gasteiger partial charge < -0.3 is 10.2 Å². The van der Waals surface area contributed by atoms with E-state index in [0.717, 1.165) is 30.2 Å². The third-order valence-corrected chi connectivity index (χ3v) is 6.68. The molecular formula is C22H23F4N3O4. The zero-order valence-electron chi connectivity index (χ0n) is 17.6. The predicted molar refractivity (Wildman–Crippen MR) is 106 cm³/mol. The first-order valence-corrected chi connectivity index (χ1v) is 10.9. The molecule has 2 aliphatic heterocycles. The van der Waals surface area contributed by atoms with Crippen LogP contribution in [0, 0.1) is 11.7 Å². The number of hydrogen-bond acceptors (Lipinski definition) is 4. The summed E-state index contributed by atoms with van der Waals surface area (Å²) in [5.74, 6) is -3.87. The number of piperidine rings is 1. The zero-order valence-corrected chi connectivity index (χ0v) is 17.6. The number of amides is 4. The minimum absolute atomic E-state index is 0.0202. The van der Waals surface area contributed by atoms with Crippen LogP contribution in [0.15, 0.2) is 12.1 Å². The van der Waals surface area contributed by atoms with Crippen molar-refractivity contribution in [2.75, 3.05) is 0 Å². The number of fused-ring (bicyclic) bond motifs is 1. The Morgan fingerprint density at radius 3 is 2.52 bits per heavy atom. The lowest BCUT2D eigenvalue weighted by Gasteiger charge is -2.29. The summed E-state index contributed by atoms with van der Waals surface area (Å²) in [6.45, 7) is -0.322. The van der Waals surface area contributed by atoms with E-state index in [9.17, 15) is 32.3 Å². The Balaban J connectivity index is 1.50. The SMILES string of the molecule is O=C1CCC(N2Cc3c(ccc(C(=O)NC(CCC4CCC4)C(F)(F)F)c3F)C2=O)C(=O)N1. The van der Waals surface area contributed by atoms with Crippen LogP contribution in [0.4, 0.5) is 17.6 Å². The van der Waals surface area contributed by atoms with Gasteiger partial charge in [0.05, 0.1) is 12.1 Å². The molecule has 33 heavy (non-hydrogen) atoms. The molecule has 2 unspecified atom stereocenters. The number of halogens is 4. The van der Waals surface area contributed by atoms with Gasteiger partial charge in [-0.1, -0.05) is 19.3 Å². The lowest BCUT2D eigenvalue weighted by Crippen LogP contribution is -2.52. The van der Waals surface area contributed by atoms with Gasteiger partial charge in [-0.15, -0.1) is 0 Å². The number of nitrogens with zero attached hydrogens (tertiary/aromatic N) is 1. The van der Waals surface area contributed by atoms with Crippen LogP contribution < -0.4 is 10.6 Å². The fraction of sp³-hybridized carbons (Fsp3) is 0.545. The van der Waals surface area contributed by atoms with Crippen molar-refractivity contribution in [3.05, 3.63) is 34.6 Å². The van der Waals surface area contributed by atoms with Crippen LogP contribution >= 0.6 is 0 Å². The highest BCUT2D eigenvalue weighted by atomic mass is 19.4. The lowest BCUT2D eigenvalue weighted by atomic mass is 9.81. The predicted octanol–water partition coefficient (Wildman–Crippen LogP) is 2.83. The van der Waals surface area contributed by atoms with Crippen LogP contribution in [0.25, 0.3) is 0 Å². The van der Waals surface area contributed by atoms with Gasteiger partial charge in [-0.05, 0) is 37.3 Å². The number of carbonyl (C=O) groups excluding carboxylic acids is 4. The number of benzene rings is 1. The van der Waals surface area contributed by atoms with Crippen molar-refractivity contribution in [2.24, 2.45) is 5.92 Å². The Morgan fingerprint density at radius 1 is 1.18 bits per heavy atom. The van der Waals surface area contributed by atoms with Gasteiger partial charge >= 0.3 is 6.18 Å². The third kappa shape index (κ3) is 4.58. The van der Waals surface area contributed by atoms with E-state index >= 15 is 4.39 Å². The fourth-order valence-electron chi connectivity index (χ4n) is 4.52. The van der Waals surface area contributed by atoms with E-state index in [1.807, 2.05) is 5.32 Å².